The van der Waals surface area contributed by atoms with E-state index in [0.717, 1.165) is 22.9 Å². The minimum Gasteiger partial charge on any atom is -0.497 e. The Kier molecular flexibility index (Phi) is 4.79. The minimum atomic E-state index is -0.132. The Balaban J connectivity index is 1.60. The summed E-state index contributed by atoms with van der Waals surface area (Å²) in [5, 5.41) is 0. The molecule has 0 unspecified atom stereocenters. The Labute approximate surface area is 155 Å². The maximum atomic E-state index is 12.9. The molecule has 1 saturated heterocycles. The molecule has 5 radical (unpaired) electrons. The number of carbonyl (C=O) groups is 1. The first-order chi connectivity index (χ1) is 12.8. The molecule has 0 spiro atoms. The number of anilines is 1. The molecule has 1 saturated carbocycles. The van der Waals surface area contributed by atoms with Crippen molar-refractivity contribution in [1.82, 2.24) is 0 Å². The fraction of sp³-hybridized carbons (Fsp3) is 0.130. The van der Waals surface area contributed by atoms with Crippen LogP contribution in [0.2, 0.25) is 0 Å². The van der Waals surface area contributed by atoms with Crippen LogP contribution in [-0.2, 0) is 4.79 Å². The van der Waals surface area contributed by atoms with E-state index in [9.17, 15) is 4.79 Å². The van der Waals surface area contributed by atoms with Gasteiger partial charge in [0.1, 0.15) is 5.75 Å². The van der Waals surface area contributed by atoms with E-state index in [2.05, 4.69) is 24.3 Å². The molecule has 2 aromatic carbocycles. The van der Waals surface area contributed by atoms with Crippen molar-refractivity contribution in [2.24, 2.45) is 5.92 Å². The monoisotopic (exact) mass is 342 g/mol. The number of hydrogen-bond donors (Lipinski definition) is 0. The molecule has 0 bridgehead atoms. The third-order valence-corrected chi connectivity index (χ3v) is 4.83. The molecular formula is C23H20NO2. The number of carbonyl (C=O) groups excluding carboxylic acids is 1. The second-order valence-corrected chi connectivity index (χ2v) is 6.36. The molecule has 2 aromatic rings. The molecule has 26 heavy (non-hydrogen) atoms. The van der Waals surface area contributed by atoms with Crippen LogP contribution in [0.5, 0.6) is 5.75 Å². The summed E-state index contributed by atoms with van der Waals surface area (Å²) < 4.78 is 5.22. The first kappa shape index (κ1) is 16.9. The van der Waals surface area contributed by atoms with Crippen LogP contribution in [0.25, 0.3) is 6.08 Å². The summed E-state index contributed by atoms with van der Waals surface area (Å²) in [4.78, 5) is 14.8. The summed E-state index contributed by atoms with van der Waals surface area (Å²) in [5.41, 5.74) is 2.02. The van der Waals surface area contributed by atoms with E-state index in [0.29, 0.717) is 0 Å². The Morgan fingerprint density at radius 2 is 1.65 bits per heavy atom. The first-order valence-corrected chi connectivity index (χ1v) is 8.70. The van der Waals surface area contributed by atoms with Gasteiger partial charge in [-0.25, -0.2) is 0 Å². The van der Waals surface area contributed by atoms with Crippen LogP contribution in [-0.4, -0.2) is 19.1 Å². The Bertz CT molecular complexity index is 776. The SMILES string of the molecule is COc1ccc(N2C(=O)[C@H]([C]3[CH][CH][CH][CH]3)[C@@H]2/C=C/c2ccccc2)cc1. The van der Waals surface area contributed by atoms with Crippen molar-refractivity contribution < 1.29 is 9.53 Å². The number of benzene rings is 2. The molecule has 3 heteroatoms. The van der Waals surface area contributed by atoms with Crippen molar-refractivity contribution in [3.63, 3.8) is 0 Å². The molecule has 0 aromatic heterocycles. The lowest BCUT2D eigenvalue weighted by Gasteiger charge is -2.48. The molecule has 3 nitrogen and oxygen atoms in total. The normalized spacial score (nSPS) is 23.4. The van der Waals surface area contributed by atoms with E-state index in [1.807, 2.05) is 73.0 Å². The van der Waals surface area contributed by atoms with Crippen LogP contribution < -0.4 is 9.64 Å². The van der Waals surface area contributed by atoms with Crippen molar-refractivity contribution in [3.05, 3.63) is 97.8 Å². The van der Waals surface area contributed by atoms with Crippen LogP contribution in [0, 0.1) is 37.5 Å². The molecular weight excluding hydrogens is 322 g/mol. The maximum Gasteiger partial charge on any atom is 0.233 e. The van der Waals surface area contributed by atoms with Crippen molar-refractivity contribution in [2.45, 2.75) is 6.04 Å². The van der Waals surface area contributed by atoms with Gasteiger partial charge in [0.25, 0.3) is 0 Å². The molecule has 1 heterocycles. The van der Waals surface area contributed by atoms with Gasteiger partial charge in [-0.2, -0.15) is 0 Å². The zero-order valence-corrected chi connectivity index (χ0v) is 14.6. The first-order valence-electron chi connectivity index (χ1n) is 8.70. The summed E-state index contributed by atoms with van der Waals surface area (Å²) >= 11 is 0. The standard InChI is InChI=1S/C23H20NO2/c1-26-20-14-12-19(13-15-20)24-21(16-11-17-7-3-2-4-8-17)22(23(24)25)18-9-5-6-10-18/h2-16,21-22H,1H3/b16-11+/t21-,22+/m0/s1. The maximum absolute atomic E-state index is 12.9. The van der Waals surface area contributed by atoms with Gasteiger partial charge in [0.15, 0.2) is 0 Å². The molecule has 1 aliphatic heterocycles. The van der Waals surface area contributed by atoms with Gasteiger partial charge in [0, 0.05) is 5.69 Å². The Morgan fingerprint density at radius 1 is 0.962 bits per heavy atom. The molecule has 1 amide bonds. The highest BCUT2D eigenvalue weighted by atomic mass is 16.5. The smallest absolute Gasteiger partial charge is 0.233 e. The molecule has 4 rings (SSSR count). The lowest BCUT2D eigenvalue weighted by molar-refractivity contribution is -0.127. The lowest BCUT2D eigenvalue weighted by Crippen LogP contribution is -2.62. The van der Waals surface area contributed by atoms with Gasteiger partial charge in [-0.1, -0.05) is 42.5 Å². The Hall–Kier alpha value is -2.55. The highest BCUT2D eigenvalue weighted by Gasteiger charge is 2.51. The predicted octanol–water partition coefficient (Wildman–Crippen LogP) is 4.15. The molecule has 1 aliphatic carbocycles. The molecule has 2 aliphatic rings. The van der Waals surface area contributed by atoms with Crippen molar-refractivity contribution in [1.29, 1.82) is 0 Å². The highest BCUT2D eigenvalue weighted by molar-refractivity contribution is 6.06. The van der Waals surface area contributed by atoms with Crippen LogP contribution in [0.15, 0.2) is 60.7 Å². The zero-order chi connectivity index (χ0) is 17.9. The van der Waals surface area contributed by atoms with Gasteiger partial charge >= 0.3 is 0 Å². The lowest BCUT2D eigenvalue weighted by atomic mass is 9.75. The van der Waals surface area contributed by atoms with Crippen LogP contribution in [0.3, 0.4) is 0 Å². The van der Waals surface area contributed by atoms with E-state index in [-0.39, 0.29) is 17.9 Å². The van der Waals surface area contributed by atoms with Crippen molar-refractivity contribution in [3.8, 4) is 5.75 Å². The van der Waals surface area contributed by atoms with Crippen molar-refractivity contribution >= 4 is 17.7 Å². The van der Waals surface area contributed by atoms with E-state index < -0.39 is 0 Å². The van der Waals surface area contributed by atoms with Gasteiger partial charge in [-0.3, -0.25) is 4.79 Å². The van der Waals surface area contributed by atoms with Gasteiger partial charge in [0.2, 0.25) is 5.91 Å². The Morgan fingerprint density at radius 3 is 2.31 bits per heavy atom. The summed E-state index contributed by atoms with van der Waals surface area (Å²) in [6.45, 7) is 0. The number of rotatable bonds is 5. The number of hydrogen-bond acceptors (Lipinski definition) is 2. The van der Waals surface area contributed by atoms with E-state index >= 15 is 0 Å². The molecule has 0 N–H and O–H groups in total. The average Bonchev–Trinajstić information content (AvgIpc) is 3.20. The summed E-state index contributed by atoms with van der Waals surface area (Å²) in [7, 11) is 1.64. The van der Waals surface area contributed by atoms with Crippen LogP contribution >= 0.6 is 0 Å². The number of methoxy groups -OCH3 is 1. The van der Waals surface area contributed by atoms with E-state index in [4.69, 9.17) is 4.74 Å². The van der Waals surface area contributed by atoms with Crippen LogP contribution in [0.4, 0.5) is 5.69 Å². The van der Waals surface area contributed by atoms with Gasteiger partial charge < -0.3 is 9.64 Å². The summed E-state index contributed by atoms with van der Waals surface area (Å²) in [5.74, 6) is 1.85. The van der Waals surface area contributed by atoms with Crippen LogP contribution in [0.1, 0.15) is 5.56 Å². The average molecular weight is 342 g/mol. The third kappa shape index (κ3) is 3.14. The second-order valence-electron chi connectivity index (χ2n) is 6.36. The van der Waals surface area contributed by atoms with Gasteiger partial charge in [-0.15, -0.1) is 0 Å². The van der Waals surface area contributed by atoms with Gasteiger partial charge in [0.05, 0.1) is 19.1 Å². The summed E-state index contributed by atoms with van der Waals surface area (Å²) in [6.07, 6.45) is 12.2. The second kappa shape index (κ2) is 7.36. The fourth-order valence-corrected chi connectivity index (χ4v) is 3.46. The number of nitrogens with zero attached hydrogens (tertiary/aromatic N) is 1. The van der Waals surface area contributed by atoms with Crippen molar-refractivity contribution in [2.75, 3.05) is 12.0 Å². The molecule has 2 fully saturated rings. The fourth-order valence-electron chi connectivity index (χ4n) is 3.46. The van der Waals surface area contributed by atoms with E-state index in [1.54, 1.807) is 7.11 Å². The topological polar surface area (TPSA) is 29.5 Å². The number of β-lactam (4-membered cyclic amide) rings is 1. The predicted molar refractivity (Wildman–Crippen MR) is 104 cm³/mol. The van der Waals surface area contributed by atoms with E-state index in [1.165, 1.54) is 0 Å². The summed E-state index contributed by atoms with van der Waals surface area (Å²) in [6, 6.07) is 17.8. The molecule has 129 valence electrons. The quantitative estimate of drug-likeness (QED) is 0.764. The number of ether oxygens (including phenoxy) is 1. The largest absolute Gasteiger partial charge is 0.497 e. The minimum absolute atomic E-state index is 0.00139. The molecule has 2 atom stereocenters. The van der Waals surface area contributed by atoms with Gasteiger partial charge in [-0.05, 0) is 61.4 Å². The zero-order valence-electron chi connectivity index (χ0n) is 14.6. The highest BCUT2D eigenvalue weighted by Crippen LogP contribution is 2.44. The third-order valence-electron chi connectivity index (χ3n) is 4.83. The number of amides is 1.